The minimum Gasteiger partial charge on any atom is -0.466 e. The van der Waals surface area contributed by atoms with Crippen LogP contribution in [0.1, 0.15) is 25.0 Å². The molecule has 0 aliphatic heterocycles. The van der Waals surface area contributed by atoms with Crippen molar-refractivity contribution in [3.8, 4) is 0 Å². The van der Waals surface area contributed by atoms with Gasteiger partial charge in [0.25, 0.3) is 0 Å². The van der Waals surface area contributed by atoms with Crippen LogP contribution in [0, 0.1) is 0 Å². The summed E-state index contributed by atoms with van der Waals surface area (Å²) in [6.45, 7) is 1.89. The third-order valence-corrected chi connectivity index (χ3v) is 3.10. The number of ether oxygens (including phenoxy) is 1. The largest absolute Gasteiger partial charge is 0.466 e. The summed E-state index contributed by atoms with van der Waals surface area (Å²) in [7, 11) is 0. The smallest absolute Gasteiger partial charge is 0.308 e. The van der Waals surface area contributed by atoms with Crippen LogP contribution in [0.2, 0.25) is 5.15 Å². The molecule has 2 rings (SSSR count). The van der Waals surface area contributed by atoms with Crippen molar-refractivity contribution in [2.75, 3.05) is 6.61 Å². The summed E-state index contributed by atoms with van der Waals surface area (Å²) in [5, 5.41) is 20.2. The third kappa shape index (κ3) is 2.90. The Bertz CT molecular complexity index is 616. The van der Waals surface area contributed by atoms with Crippen LogP contribution in [0.15, 0.2) is 12.5 Å². The van der Waals surface area contributed by atoms with Crippen molar-refractivity contribution >= 4 is 28.6 Å². The van der Waals surface area contributed by atoms with E-state index >= 15 is 0 Å². The lowest BCUT2D eigenvalue weighted by molar-refractivity contribution is -0.147. The number of nitrogens with one attached hydrogen (secondary N) is 1. The zero-order chi connectivity index (χ0) is 14.7. The number of fused-ring (bicyclic) bond motifs is 1. The fourth-order valence-electron chi connectivity index (χ4n) is 1.86. The lowest BCUT2D eigenvalue weighted by Crippen LogP contribution is -2.23. The maximum Gasteiger partial charge on any atom is 0.308 e. The molecule has 2 atom stereocenters. The van der Waals surface area contributed by atoms with Crippen LogP contribution in [-0.2, 0) is 9.53 Å². The summed E-state index contributed by atoms with van der Waals surface area (Å²) in [4.78, 5) is 21.9. The average molecular weight is 300 g/mol. The maximum absolute atomic E-state index is 11.3. The fraction of sp³-hybridized carbons (Fsp3) is 0.417. The number of nitrogens with zero attached hydrogens (tertiary/aromatic N) is 2. The van der Waals surface area contributed by atoms with Crippen LogP contribution in [-0.4, -0.2) is 43.8 Å². The molecule has 0 aromatic carbocycles. The molecule has 0 spiro atoms. The zero-order valence-electron chi connectivity index (χ0n) is 10.7. The van der Waals surface area contributed by atoms with Crippen molar-refractivity contribution in [3.05, 3.63) is 23.2 Å². The fourth-order valence-corrected chi connectivity index (χ4v) is 2.05. The van der Waals surface area contributed by atoms with E-state index in [1.807, 2.05) is 0 Å². The predicted molar refractivity (Wildman–Crippen MR) is 71.1 cm³/mol. The van der Waals surface area contributed by atoms with Gasteiger partial charge in [-0.25, -0.2) is 9.97 Å². The van der Waals surface area contributed by atoms with Crippen LogP contribution >= 0.6 is 11.6 Å². The first-order chi connectivity index (χ1) is 9.54. The number of rotatable bonds is 5. The van der Waals surface area contributed by atoms with E-state index < -0.39 is 18.2 Å². The summed E-state index contributed by atoms with van der Waals surface area (Å²) in [5.74, 6) is -0.577. The number of aliphatic hydroxyl groups is 2. The van der Waals surface area contributed by atoms with E-state index in [4.69, 9.17) is 16.3 Å². The van der Waals surface area contributed by atoms with Crippen LogP contribution in [0.25, 0.3) is 11.0 Å². The molecule has 0 amide bonds. The molecule has 0 aliphatic rings. The molecule has 0 radical (unpaired) electrons. The van der Waals surface area contributed by atoms with Crippen LogP contribution < -0.4 is 0 Å². The van der Waals surface area contributed by atoms with Gasteiger partial charge < -0.3 is 19.9 Å². The Morgan fingerprint density at radius 1 is 1.50 bits per heavy atom. The number of esters is 1. The molecule has 0 saturated carbocycles. The Morgan fingerprint density at radius 2 is 2.25 bits per heavy atom. The van der Waals surface area contributed by atoms with Gasteiger partial charge in [0.15, 0.2) is 5.15 Å². The number of halogens is 1. The third-order valence-electron chi connectivity index (χ3n) is 2.81. The van der Waals surface area contributed by atoms with Gasteiger partial charge in [-0.2, -0.15) is 0 Å². The average Bonchev–Trinajstić information content (AvgIpc) is 2.83. The molecule has 3 N–H and O–H groups in total. The van der Waals surface area contributed by atoms with E-state index in [1.165, 1.54) is 12.5 Å². The minimum absolute atomic E-state index is 0.216. The molecule has 20 heavy (non-hydrogen) atoms. The standard InChI is InChI=1S/C12H14ClN3O4/c1-2-20-8(18)3-7(17)11(19)6-4-14-10-9(6)15-5-16-12(10)13/h4-5,7,11,14,17,19H,2-3H2,1H3. The second kappa shape index (κ2) is 6.17. The summed E-state index contributed by atoms with van der Waals surface area (Å²) in [6.07, 6.45) is -0.141. The highest BCUT2D eigenvalue weighted by Crippen LogP contribution is 2.28. The molecule has 7 nitrogen and oxygen atoms in total. The van der Waals surface area contributed by atoms with Crippen molar-refractivity contribution in [2.45, 2.75) is 25.6 Å². The number of carbonyl (C=O) groups is 1. The number of aliphatic hydroxyl groups excluding tert-OH is 2. The molecular weight excluding hydrogens is 286 g/mol. The summed E-state index contributed by atoms with van der Waals surface area (Å²) >= 11 is 5.88. The van der Waals surface area contributed by atoms with Gasteiger partial charge in [-0.1, -0.05) is 11.6 Å². The van der Waals surface area contributed by atoms with Gasteiger partial charge in [0, 0.05) is 11.8 Å². The van der Waals surface area contributed by atoms with E-state index in [2.05, 4.69) is 15.0 Å². The Balaban J connectivity index is 2.21. The summed E-state index contributed by atoms with van der Waals surface area (Å²) in [5.41, 5.74) is 1.22. The Labute approximate surface area is 119 Å². The van der Waals surface area contributed by atoms with Crippen molar-refractivity contribution in [2.24, 2.45) is 0 Å². The lowest BCUT2D eigenvalue weighted by atomic mass is 10.0. The molecule has 0 aliphatic carbocycles. The maximum atomic E-state index is 11.3. The summed E-state index contributed by atoms with van der Waals surface area (Å²) in [6, 6.07) is 0. The molecule has 2 heterocycles. The van der Waals surface area contributed by atoms with Crippen LogP contribution in [0.3, 0.4) is 0 Å². The summed E-state index contributed by atoms with van der Waals surface area (Å²) < 4.78 is 4.72. The first kappa shape index (κ1) is 14.7. The predicted octanol–water partition coefficient (Wildman–Crippen LogP) is 0.959. The van der Waals surface area contributed by atoms with Gasteiger partial charge in [-0.05, 0) is 6.92 Å². The highest BCUT2D eigenvalue weighted by atomic mass is 35.5. The zero-order valence-corrected chi connectivity index (χ0v) is 11.5. The number of aromatic amines is 1. The Kier molecular flexibility index (Phi) is 4.53. The molecule has 2 aromatic rings. The van der Waals surface area contributed by atoms with Gasteiger partial charge in [-0.3, -0.25) is 4.79 Å². The highest BCUT2D eigenvalue weighted by Gasteiger charge is 2.25. The van der Waals surface area contributed by atoms with Gasteiger partial charge in [0.05, 0.1) is 24.6 Å². The molecule has 8 heteroatoms. The Morgan fingerprint density at radius 3 is 2.95 bits per heavy atom. The van der Waals surface area contributed by atoms with Crippen molar-refractivity contribution in [1.82, 2.24) is 15.0 Å². The SMILES string of the molecule is CCOC(=O)CC(O)C(O)c1c[nH]c2c(Cl)ncnc12. The van der Waals surface area contributed by atoms with E-state index in [9.17, 15) is 15.0 Å². The first-order valence-corrected chi connectivity index (χ1v) is 6.41. The van der Waals surface area contributed by atoms with Gasteiger partial charge in [0.1, 0.15) is 17.9 Å². The number of carbonyl (C=O) groups excluding carboxylic acids is 1. The van der Waals surface area contributed by atoms with Crippen LogP contribution in [0.4, 0.5) is 0 Å². The lowest BCUT2D eigenvalue weighted by Gasteiger charge is -2.16. The van der Waals surface area contributed by atoms with Crippen molar-refractivity contribution < 1.29 is 19.7 Å². The molecule has 0 saturated heterocycles. The number of hydrogen-bond acceptors (Lipinski definition) is 6. The molecule has 108 valence electrons. The quantitative estimate of drug-likeness (QED) is 0.560. The van der Waals surface area contributed by atoms with Gasteiger partial charge >= 0.3 is 5.97 Å². The van der Waals surface area contributed by atoms with Gasteiger partial charge in [0.2, 0.25) is 0 Å². The number of aromatic nitrogens is 3. The normalized spacial score (nSPS) is 14.2. The monoisotopic (exact) mass is 299 g/mol. The van der Waals surface area contributed by atoms with Gasteiger partial charge in [-0.15, -0.1) is 0 Å². The van der Waals surface area contributed by atoms with Crippen LogP contribution in [0.5, 0.6) is 0 Å². The molecule has 2 unspecified atom stereocenters. The topological polar surface area (TPSA) is 108 Å². The van der Waals surface area contributed by atoms with E-state index in [-0.39, 0.29) is 18.2 Å². The first-order valence-electron chi connectivity index (χ1n) is 6.03. The number of H-pyrrole nitrogens is 1. The molecular formula is C12H14ClN3O4. The van der Waals surface area contributed by atoms with E-state index in [0.717, 1.165) is 0 Å². The minimum atomic E-state index is -1.29. The van der Waals surface area contributed by atoms with Crippen molar-refractivity contribution in [1.29, 1.82) is 0 Å². The molecule has 0 bridgehead atoms. The Hall–Kier alpha value is -1.70. The van der Waals surface area contributed by atoms with Crippen molar-refractivity contribution in [3.63, 3.8) is 0 Å². The highest BCUT2D eigenvalue weighted by molar-refractivity contribution is 6.33. The molecule has 2 aromatic heterocycles. The van der Waals surface area contributed by atoms with E-state index in [0.29, 0.717) is 16.6 Å². The van der Waals surface area contributed by atoms with E-state index in [1.54, 1.807) is 6.92 Å². The second-order valence-electron chi connectivity index (χ2n) is 4.15. The second-order valence-corrected chi connectivity index (χ2v) is 4.51. The molecule has 0 fully saturated rings. The number of hydrogen-bond donors (Lipinski definition) is 3.